The lowest BCUT2D eigenvalue weighted by Gasteiger charge is -2.26. The van der Waals surface area contributed by atoms with Gasteiger partial charge in [0.1, 0.15) is 12.3 Å². The van der Waals surface area contributed by atoms with Crippen molar-refractivity contribution in [2.24, 2.45) is 0 Å². The summed E-state index contributed by atoms with van der Waals surface area (Å²) in [5.41, 5.74) is 1.42. The van der Waals surface area contributed by atoms with E-state index in [1.807, 2.05) is 6.07 Å². The quantitative estimate of drug-likeness (QED) is 0.499. The van der Waals surface area contributed by atoms with Gasteiger partial charge in [-0.2, -0.15) is 4.31 Å². The summed E-state index contributed by atoms with van der Waals surface area (Å²) >= 11 is 0. The molecule has 33 heavy (non-hydrogen) atoms. The molecule has 0 atom stereocenters. The molecule has 0 amide bonds. The zero-order chi connectivity index (χ0) is 22.8. The molecule has 10 nitrogen and oxygen atoms in total. The molecule has 3 aromatic rings. The average molecular weight is 472 g/mol. The molecule has 5 rings (SSSR count). The Hall–Kier alpha value is -3.41. The number of ether oxygens (including phenoxy) is 4. The fourth-order valence-corrected chi connectivity index (χ4v) is 4.90. The molecule has 1 saturated heterocycles. The molecule has 0 bridgehead atoms. The minimum absolute atomic E-state index is 0.0965. The summed E-state index contributed by atoms with van der Waals surface area (Å²) in [4.78, 5) is 12.5. The highest BCUT2D eigenvalue weighted by atomic mass is 32.2. The SMILES string of the molecule is O=C(OCc1cc(-c2ccc3c(c2)OCO3)on1)c1ccc(S(=O)(=O)N2CCOCC2)cc1. The second kappa shape index (κ2) is 8.85. The van der Waals surface area contributed by atoms with Gasteiger partial charge in [0.05, 0.1) is 23.7 Å². The van der Waals surface area contributed by atoms with E-state index in [1.54, 1.807) is 18.2 Å². The van der Waals surface area contributed by atoms with Gasteiger partial charge in [0.15, 0.2) is 17.3 Å². The number of sulfonamides is 1. The molecule has 2 aliphatic rings. The molecule has 2 aromatic carbocycles. The van der Waals surface area contributed by atoms with E-state index < -0.39 is 16.0 Å². The van der Waals surface area contributed by atoms with Gasteiger partial charge in [-0.15, -0.1) is 0 Å². The predicted octanol–water partition coefficient (Wildman–Crippen LogP) is 2.45. The molecule has 1 aromatic heterocycles. The maximum absolute atomic E-state index is 12.7. The largest absolute Gasteiger partial charge is 0.455 e. The van der Waals surface area contributed by atoms with Crippen molar-refractivity contribution in [3.8, 4) is 22.8 Å². The van der Waals surface area contributed by atoms with Crippen molar-refractivity contribution in [1.82, 2.24) is 9.46 Å². The zero-order valence-electron chi connectivity index (χ0n) is 17.4. The normalized spacial score (nSPS) is 16.0. The number of hydrogen-bond acceptors (Lipinski definition) is 9. The lowest BCUT2D eigenvalue weighted by Crippen LogP contribution is -2.40. The molecule has 0 radical (unpaired) electrons. The number of fused-ring (bicyclic) bond motifs is 1. The molecular weight excluding hydrogens is 452 g/mol. The van der Waals surface area contributed by atoms with Crippen molar-refractivity contribution < 1.29 is 36.7 Å². The third kappa shape index (κ3) is 4.42. The Morgan fingerprint density at radius 2 is 1.76 bits per heavy atom. The van der Waals surface area contributed by atoms with Crippen LogP contribution in [-0.4, -0.2) is 56.9 Å². The predicted molar refractivity (Wildman–Crippen MR) is 113 cm³/mol. The van der Waals surface area contributed by atoms with Gasteiger partial charge in [-0.05, 0) is 42.5 Å². The van der Waals surface area contributed by atoms with Crippen LogP contribution in [0.3, 0.4) is 0 Å². The first kappa shape index (κ1) is 21.4. The minimum atomic E-state index is -3.63. The summed E-state index contributed by atoms with van der Waals surface area (Å²) in [5.74, 6) is 1.18. The van der Waals surface area contributed by atoms with E-state index in [9.17, 15) is 13.2 Å². The molecule has 0 spiro atoms. The van der Waals surface area contributed by atoms with E-state index in [4.69, 9.17) is 23.5 Å². The molecule has 2 aliphatic heterocycles. The highest BCUT2D eigenvalue weighted by Crippen LogP contribution is 2.36. The van der Waals surface area contributed by atoms with Crippen LogP contribution >= 0.6 is 0 Å². The van der Waals surface area contributed by atoms with E-state index in [0.29, 0.717) is 49.3 Å². The lowest BCUT2D eigenvalue weighted by molar-refractivity contribution is 0.0464. The fraction of sp³-hybridized carbons (Fsp3) is 0.273. The number of aromatic nitrogens is 1. The molecule has 1 fully saturated rings. The molecule has 172 valence electrons. The van der Waals surface area contributed by atoms with Crippen LogP contribution in [0.4, 0.5) is 0 Å². The third-order valence-corrected chi connectivity index (χ3v) is 7.18. The number of esters is 1. The van der Waals surface area contributed by atoms with Crippen LogP contribution in [0.5, 0.6) is 11.5 Å². The van der Waals surface area contributed by atoms with Crippen molar-refractivity contribution in [2.45, 2.75) is 11.5 Å². The Labute approximate surface area is 189 Å². The van der Waals surface area contributed by atoms with Gasteiger partial charge < -0.3 is 23.5 Å². The fourth-order valence-electron chi connectivity index (χ4n) is 3.49. The summed E-state index contributed by atoms with van der Waals surface area (Å²) in [5, 5.41) is 3.93. The van der Waals surface area contributed by atoms with E-state index in [0.717, 1.165) is 5.56 Å². The summed E-state index contributed by atoms with van der Waals surface area (Å²) < 4.78 is 53.2. The Balaban J connectivity index is 1.21. The Morgan fingerprint density at radius 1 is 1.00 bits per heavy atom. The highest BCUT2D eigenvalue weighted by molar-refractivity contribution is 7.89. The third-order valence-electron chi connectivity index (χ3n) is 5.27. The topological polar surface area (TPSA) is 117 Å². The Morgan fingerprint density at radius 3 is 2.55 bits per heavy atom. The molecular formula is C22H20N2O8S. The van der Waals surface area contributed by atoms with Crippen LogP contribution in [0, 0.1) is 0 Å². The minimum Gasteiger partial charge on any atom is -0.455 e. The maximum Gasteiger partial charge on any atom is 0.338 e. The van der Waals surface area contributed by atoms with Crippen LogP contribution in [-0.2, 0) is 26.1 Å². The second-order valence-electron chi connectivity index (χ2n) is 7.37. The van der Waals surface area contributed by atoms with E-state index >= 15 is 0 Å². The highest BCUT2D eigenvalue weighted by Gasteiger charge is 2.26. The summed E-state index contributed by atoms with van der Waals surface area (Å²) in [6.07, 6.45) is 0. The molecule has 3 heterocycles. The lowest BCUT2D eigenvalue weighted by atomic mass is 10.1. The first-order chi connectivity index (χ1) is 16.0. The van der Waals surface area contributed by atoms with Crippen molar-refractivity contribution >= 4 is 16.0 Å². The van der Waals surface area contributed by atoms with Crippen molar-refractivity contribution in [3.63, 3.8) is 0 Å². The zero-order valence-corrected chi connectivity index (χ0v) is 18.2. The number of rotatable bonds is 6. The van der Waals surface area contributed by atoms with Gasteiger partial charge in [-0.1, -0.05) is 5.16 Å². The summed E-state index contributed by atoms with van der Waals surface area (Å²) in [6.45, 7) is 1.41. The van der Waals surface area contributed by atoms with Crippen molar-refractivity contribution in [2.75, 3.05) is 33.1 Å². The van der Waals surface area contributed by atoms with Gasteiger partial charge in [0.25, 0.3) is 0 Å². The standard InChI is InChI=1S/C22H20N2O8S/c25-22(15-1-4-18(5-2-15)33(26,27)24-7-9-28-10-8-24)29-13-17-12-20(32-23-17)16-3-6-19-21(11-16)31-14-30-19/h1-6,11-12H,7-10,13-14H2. The van der Waals surface area contributed by atoms with Crippen LogP contribution in [0.2, 0.25) is 0 Å². The Bertz CT molecular complexity index is 1260. The van der Waals surface area contributed by atoms with Crippen LogP contribution in [0.1, 0.15) is 16.1 Å². The molecule has 0 saturated carbocycles. The summed E-state index contributed by atoms with van der Waals surface area (Å²) in [6, 6.07) is 12.7. The van der Waals surface area contributed by atoms with Crippen LogP contribution < -0.4 is 9.47 Å². The maximum atomic E-state index is 12.7. The van der Waals surface area contributed by atoms with Gasteiger partial charge in [0, 0.05) is 24.7 Å². The number of carbonyl (C=O) groups excluding carboxylic acids is 1. The number of carbonyl (C=O) groups is 1. The Kier molecular flexibility index (Phi) is 5.75. The first-order valence-electron chi connectivity index (χ1n) is 10.2. The molecule has 0 N–H and O–H groups in total. The van der Waals surface area contributed by atoms with E-state index in [2.05, 4.69) is 5.16 Å². The van der Waals surface area contributed by atoms with Crippen molar-refractivity contribution in [1.29, 1.82) is 0 Å². The average Bonchev–Trinajstić information content (AvgIpc) is 3.52. The summed E-state index contributed by atoms with van der Waals surface area (Å²) in [7, 11) is -3.63. The smallest absolute Gasteiger partial charge is 0.338 e. The monoisotopic (exact) mass is 472 g/mol. The number of hydrogen-bond donors (Lipinski definition) is 0. The van der Waals surface area contributed by atoms with E-state index in [-0.39, 0.29) is 23.9 Å². The van der Waals surface area contributed by atoms with Crippen LogP contribution in [0.25, 0.3) is 11.3 Å². The van der Waals surface area contributed by atoms with Crippen molar-refractivity contribution in [3.05, 3.63) is 59.8 Å². The number of benzene rings is 2. The van der Waals surface area contributed by atoms with Gasteiger partial charge in [-0.3, -0.25) is 0 Å². The molecule has 0 aliphatic carbocycles. The number of nitrogens with zero attached hydrogens (tertiary/aromatic N) is 2. The van der Waals surface area contributed by atoms with Gasteiger partial charge in [0.2, 0.25) is 16.8 Å². The number of morpholine rings is 1. The molecule has 0 unspecified atom stereocenters. The molecule has 11 heteroatoms. The first-order valence-corrected chi connectivity index (χ1v) is 11.7. The van der Waals surface area contributed by atoms with Gasteiger partial charge in [-0.25, -0.2) is 13.2 Å². The van der Waals surface area contributed by atoms with Gasteiger partial charge >= 0.3 is 5.97 Å². The van der Waals surface area contributed by atoms with Crippen LogP contribution in [0.15, 0.2) is 57.9 Å². The second-order valence-corrected chi connectivity index (χ2v) is 9.31. The van der Waals surface area contributed by atoms with E-state index in [1.165, 1.54) is 28.6 Å².